The second-order valence-corrected chi connectivity index (χ2v) is 7.87. The van der Waals surface area contributed by atoms with Gasteiger partial charge in [-0.2, -0.15) is 4.39 Å². The molecule has 2 amide bonds. The smallest absolute Gasteiger partial charge is 0.306 e. The number of carbonyl (C=O) groups is 2. The number of para-hydroxylation sites is 2. The SMILES string of the molecule is O=C(Nc1ccccc1OCCc1ccccc1)C1CC(=O)N(c2ccc(F)c([N+](=O)[O-])c2)C1. The highest BCUT2D eigenvalue weighted by Gasteiger charge is 2.36. The first-order valence-corrected chi connectivity index (χ1v) is 10.7. The largest absolute Gasteiger partial charge is 0.491 e. The maximum Gasteiger partial charge on any atom is 0.306 e. The zero-order valence-electron chi connectivity index (χ0n) is 18.1. The molecule has 4 rings (SSSR count). The van der Waals surface area contributed by atoms with Crippen molar-refractivity contribution in [1.82, 2.24) is 0 Å². The molecule has 1 unspecified atom stereocenters. The normalized spacial score (nSPS) is 15.3. The van der Waals surface area contributed by atoms with Gasteiger partial charge in [0, 0.05) is 25.5 Å². The highest BCUT2D eigenvalue weighted by Crippen LogP contribution is 2.31. The molecule has 34 heavy (non-hydrogen) atoms. The molecule has 1 aliphatic rings. The highest BCUT2D eigenvalue weighted by molar-refractivity contribution is 6.04. The van der Waals surface area contributed by atoms with Crippen molar-refractivity contribution >= 4 is 28.9 Å². The molecule has 0 bridgehead atoms. The summed E-state index contributed by atoms with van der Waals surface area (Å²) in [6, 6.07) is 20.2. The predicted octanol–water partition coefficient (Wildman–Crippen LogP) is 4.35. The van der Waals surface area contributed by atoms with Crippen LogP contribution in [-0.4, -0.2) is 29.9 Å². The fraction of sp³-hybridized carbons (Fsp3) is 0.200. The lowest BCUT2D eigenvalue weighted by Gasteiger charge is -2.17. The van der Waals surface area contributed by atoms with Crippen molar-refractivity contribution < 1.29 is 23.6 Å². The molecular formula is C25H22FN3O5. The van der Waals surface area contributed by atoms with Crippen LogP contribution in [0.25, 0.3) is 0 Å². The number of nitro groups is 1. The van der Waals surface area contributed by atoms with E-state index in [1.807, 2.05) is 30.3 Å². The average molecular weight is 463 g/mol. The van der Waals surface area contributed by atoms with Crippen LogP contribution in [0.2, 0.25) is 0 Å². The molecule has 0 radical (unpaired) electrons. The molecule has 3 aromatic carbocycles. The second-order valence-electron chi connectivity index (χ2n) is 7.87. The lowest BCUT2D eigenvalue weighted by Crippen LogP contribution is -2.28. The summed E-state index contributed by atoms with van der Waals surface area (Å²) in [5.74, 6) is -1.88. The van der Waals surface area contributed by atoms with Gasteiger partial charge in [0.2, 0.25) is 17.6 Å². The van der Waals surface area contributed by atoms with E-state index in [1.165, 1.54) is 11.0 Å². The first kappa shape index (κ1) is 22.9. The van der Waals surface area contributed by atoms with Crippen LogP contribution in [0.5, 0.6) is 5.75 Å². The summed E-state index contributed by atoms with van der Waals surface area (Å²) >= 11 is 0. The van der Waals surface area contributed by atoms with Crippen molar-refractivity contribution in [1.29, 1.82) is 0 Å². The minimum absolute atomic E-state index is 0.0322. The number of rotatable bonds is 8. The molecular weight excluding hydrogens is 441 g/mol. The van der Waals surface area contributed by atoms with Gasteiger partial charge < -0.3 is 15.0 Å². The van der Waals surface area contributed by atoms with Crippen molar-refractivity contribution in [3.8, 4) is 5.75 Å². The maximum atomic E-state index is 13.7. The molecule has 1 N–H and O–H groups in total. The summed E-state index contributed by atoms with van der Waals surface area (Å²) in [5, 5.41) is 13.8. The van der Waals surface area contributed by atoms with E-state index in [0.717, 1.165) is 17.7 Å². The fourth-order valence-electron chi connectivity index (χ4n) is 3.80. The lowest BCUT2D eigenvalue weighted by atomic mass is 10.1. The number of anilines is 2. The van der Waals surface area contributed by atoms with Gasteiger partial charge in [0.25, 0.3) is 0 Å². The van der Waals surface area contributed by atoms with E-state index in [9.17, 15) is 24.1 Å². The summed E-state index contributed by atoms with van der Waals surface area (Å²) in [5.41, 5.74) is 1.08. The Morgan fingerprint density at radius 2 is 1.85 bits per heavy atom. The van der Waals surface area contributed by atoms with Gasteiger partial charge in [-0.15, -0.1) is 0 Å². The molecule has 1 heterocycles. The molecule has 1 fully saturated rings. The minimum atomic E-state index is -0.987. The highest BCUT2D eigenvalue weighted by atomic mass is 19.1. The van der Waals surface area contributed by atoms with E-state index in [2.05, 4.69) is 5.32 Å². The number of halogens is 1. The number of amides is 2. The van der Waals surface area contributed by atoms with Crippen LogP contribution in [-0.2, 0) is 16.0 Å². The zero-order valence-corrected chi connectivity index (χ0v) is 18.1. The van der Waals surface area contributed by atoms with Gasteiger partial charge in [-0.3, -0.25) is 19.7 Å². The van der Waals surface area contributed by atoms with Crippen molar-refractivity contribution in [3.63, 3.8) is 0 Å². The quantitative estimate of drug-likeness (QED) is 0.395. The van der Waals surface area contributed by atoms with Gasteiger partial charge >= 0.3 is 5.69 Å². The van der Waals surface area contributed by atoms with Crippen molar-refractivity contribution in [3.05, 3.63) is 94.3 Å². The lowest BCUT2D eigenvalue weighted by molar-refractivity contribution is -0.387. The van der Waals surface area contributed by atoms with Crippen LogP contribution in [0.1, 0.15) is 12.0 Å². The van der Waals surface area contributed by atoms with Gasteiger partial charge in [0.05, 0.1) is 28.8 Å². The van der Waals surface area contributed by atoms with E-state index in [-0.39, 0.29) is 30.5 Å². The summed E-state index contributed by atoms with van der Waals surface area (Å²) < 4.78 is 19.5. The standard InChI is InChI=1S/C25H22FN3O5/c26-20-11-10-19(15-22(20)29(32)33)28-16-18(14-24(28)30)25(31)27-21-8-4-5-9-23(21)34-13-12-17-6-2-1-3-7-17/h1-11,15,18H,12-14,16H2,(H,27,31). The number of nitrogens with zero attached hydrogens (tertiary/aromatic N) is 2. The van der Waals surface area contributed by atoms with Crippen LogP contribution < -0.4 is 15.0 Å². The second kappa shape index (κ2) is 10.1. The zero-order chi connectivity index (χ0) is 24.1. The molecule has 3 aromatic rings. The summed E-state index contributed by atoms with van der Waals surface area (Å²) in [4.78, 5) is 36.8. The van der Waals surface area contributed by atoms with Crippen LogP contribution in [0, 0.1) is 21.8 Å². The monoisotopic (exact) mass is 463 g/mol. The first-order chi connectivity index (χ1) is 16.4. The molecule has 0 aliphatic carbocycles. The van der Waals surface area contributed by atoms with Crippen molar-refractivity contribution in [2.24, 2.45) is 5.92 Å². The molecule has 174 valence electrons. The number of nitrogens with one attached hydrogen (secondary N) is 1. The molecule has 9 heteroatoms. The number of nitro benzene ring substituents is 1. The van der Waals surface area contributed by atoms with Gasteiger partial charge in [-0.1, -0.05) is 42.5 Å². The van der Waals surface area contributed by atoms with Gasteiger partial charge in [-0.05, 0) is 29.8 Å². The van der Waals surface area contributed by atoms with Gasteiger partial charge in [-0.25, -0.2) is 0 Å². The molecule has 1 atom stereocenters. The van der Waals surface area contributed by atoms with Crippen LogP contribution in [0.3, 0.4) is 0 Å². The molecule has 8 nitrogen and oxygen atoms in total. The van der Waals surface area contributed by atoms with Crippen molar-refractivity contribution in [2.75, 3.05) is 23.4 Å². The Morgan fingerprint density at radius 3 is 2.62 bits per heavy atom. The third-order valence-corrected chi connectivity index (χ3v) is 5.57. The third-order valence-electron chi connectivity index (χ3n) is 5.57. The van der Waals surface area contributed by atoms with Crippen LogP contribution >= 0.6 is 0 Å². The van der Waals surface area contributed by atoms with E-state index in [1.54, 1.807) is 24.3 Å². The topological polar surface area (TPSA) is 102 Å². The number of hydrogen-bond acceptors (Lipinski definition) is 5. The number of ether oxygens (including phenoxy) is 1. The van der Waals surface area contributed by atoms with Gasteiger partial charge in [0.1, 0.15) is 5.75 Å². The third kappa shape index (κ3) is 5.20. The van der Waals surface area contributed by atoms with E-state index in [0.29, 0.717) is 24.5 Å². The Balaban J connectivity index is 1.40. The molecule has 0 saturated carbocycles. The maximum absolute atomic E-state index is 13.7. The minimum Gasteiger partial charge on any atom is -0.491 e. The summed E-state index contributed by atoms with van der Waals surface area (Å²) in [6.45, 7) is 0.459. The Kier molecular flexibility index (Phi) is 6.82. The van der Waals surface area contributed by atoms with E-state index in [4.69, 9.17) is 4.74 Å². The Labute approximate surface area is 195 Å². The summed E-state index contributed by atoms with van der Waals surface area (Å²) in [7, 11) is 0. The van der Waals surface area contributed by atoms with Crippen molar-refractivity contribution in [2.45, 2.75) is 12.8 Å². The van der Waals surface area contributed by atoms with Gasteiger partial charge in [0.15, 0.2) is 0 Å². The Hall–Kier alpha value is -4.27. The Morgan fingerprint density at radius 1 is 1.12 bits per heavy atom. The van der Waals surface area contributed by atoms with E-state index < -0.39 is 22.3 Å². The van der Waals surface area contributed by atoms with Crippen LogP contribution in [0.15, 0.2) is 72.8 Å². The number of benzene rings is 3. The molecule has 0 aromatic heterocycles. The van der Waals surface area contributed by atoms with Crippen LogP contribution in [0.4, 0.5) is 21.5 Å². The predicted molar refractivity (Wildman–Crippen MR) is 124 cm³/mol. The fourth-order valence-corrected chi connectivity index (χ4v) is 3.80. The number of hydrogen-bond donors (Lipinski definition) is 1. The summed E-state index contributed by atoms with van der Waals surface area (Å²) in [6.07, 6.45) is 0.646. The first-order valence-electron chi connectivity index (χ1n) is 10.7. The molecule has 0 spiro atoms. The Bertz CT molecular complexity index is 1220. The molecule has 1 aliphatic heterocycles. The number of carbonyl (C=O) groups excluding carboxylic acids is 2. The molecule has 1 saturated heterocycles. The average Bonchev–Trinajstić information content (AvgIpc) is 3.23. The van der Waals surface area contributed by atoms with E-state index >= 15 is 0 Å².